The van der Waals surface area contributed by atoms with Gasteiger partial charge in [-0.1, -0.05) is 30.0 Å². The molecule has 0 aromatic rings. The van der Waals surface area contributed by atoms with Crippen LogP contribution >= 0.6 is 0 Å². The molecular weight excluding hydrogens is 114 g/mol. The highest BCUT2D eigenvalue weighted by Gasteiger charge is 1.93. The van der Waals surface area contributed by atoms with Gasteiger partial charge in [-0.3, -0.25) is 0 Å². The van der Waals surface area contributed by atoms with E-state index < -0.39 is 0 Å². The van der Waals surface area contributed by atoms with Crippen LogP contribution in [0.15, 0.2) is 30.0 Å². The minimum atomic E-state index is -0.110. The number of nitrogens with zero attached hydrogens (tertiary/aromatic N) is 1. The first-order chi connectivity index (χ1) is 4.31. The Balaban J connectivity index is 3.36. The molecule has 0 bridgehead atoms. The monoisotopic (exact) mass is 125 g/mol. The van der Waals surface area contributed by atoms with Gasteiger partial charge in [0.05, 0.1) is 6.04 Å². The van der Waals surface area contributed by atoms with Crippen molar-refractivity contribution < 1.29 is 0 Å². The van der Waals surface area contributed by atoms with Gasteiger partial charge in [-0.15, -0.1) is 0 Å². The standard InChI is InChI=1S/C7H11NO/c1-3-4-5-6-7(2)8-9/h3-5,7H,1,6H2,2H3/b5-4+/t7-/m0/s1. The van der Waals surface area contributed by atoms with Gasteiger partial charge < -0.3 is 0 Å². The first-order valence-electron chi connectivity index (χ1n) is 2.91. The minimum absolute atomic E-state index is 0.110. The molecule has 9 heavy (non-hydrogen) atoms. The van der Waals surface area contributed by atoms with Gasteiger partial charge in [-0.2, -0.15) is 4.91 Å². The van der Waals surface area contributed by atoms with Crippen LogP contribution < -0.4 is 0 Å². The third kappa shape index (κ3) is 4.94. The van der Waals surface area contributed by atoms with E-state index in [9.17, 15) is 4.91 Å². The number of allylic oxidation sites excluding steroid dienone is 2. The first-order valence-corrected chi connectivity index (χ1v) is 2.91. The van der Waals surface area contributed by atoms with Gasteiger partial charge in [-0.05, 0) is 13.3 Å². The van der Waals surface area contributed by atoms with Crippen LogP contribution in [0.4, 0.5) is 0 Å². The lowest BCUT2D eigenvalue weighted by molar-refractivity contribution is 0.752. The smallest absolute Gasteiger partial charge is 0.0926 e. The van der Waals surface area contributed by atoms with E-state index >= 15 is 0 Å². The van der Waals surface area contributed by atoms with E-state index in [0.29, 0.717) is 6.42 Å². The fourth-order valence-electron chi connectivity index (χ4n) is 0.415. The summed E-state index contributed by atoms with van der Waals surface area (Å²) in [5.41, 5.74) is 0. The Kier molecular flexibility index (Phi) is 4.69. The molecule has 0 aliphatic rings. The van der Waals surface area contributed by atoms with E-state index in [2.05, 4.69) is 11.8 Å². The van der Waals surface area contributed by atoms with E-state index in [4.69, 9.17) is 0 Å². The van der Waals surface area contributed by atoms with E-state index in [1.807, 2.05) is 12.2 Å². The number of rotatable bonds is 4. The van der Waals surface area contributed by atoms with Crippen molar-refractivity contribution in [2.45, 2.75) is 19.4 Å². The maximum absolute atomic E-state index is 9.79. The summed E-state index contributed by atoms with van der Waals surface area (Å²) in [7, 11) is 0. The molecule has 2 nitrogen and oxygen atoms in total. The van der Waals surface area contributed by atoms with Crippen molar-refractivity contribution in [2.75, 3.05) is 0 Å². The lowest BCUT2D eigenvalue weighted by Crippen LogP contribution is -1.91. The Morgan fingerprint density at radius 3 is 2.89 bits per heavy atom. The highest BCUT2D eigenvalue weighted by Crippen LogP contribution is 1.95. The molecule has 2 heteroatoms. The Morgan fingerprint density at radius 2 is 2.44 bits per heavy atom. The van der Waals surface area contributed by atoms with Crippen molar-refractivity contribution in [3.8, 4) is 0 Å². The molecule has 0 aromatic heterocycles. The Morgan fingerprint density at radius 1 is 1.78 bits per heavy atom. The van der Waals surface area contributed by atoms with Crippen molar-refractivity contribution >= 4 is 0 Å². The maximum atomic E-state index is 9.79. The van der Waals surface area contributed by atoms with Crippen molar-refractivity contribution in [3.63, 3.8) is 0 Å². The third-order valence-corrected chi connectivity index (χ3v) is 0.929. The Hall–Kier alpha value is -0.920. The maximum Gasteiger partial charge on any atom is 0.0926 e. The van der Waals surface area contributed by atoms with E-state index in [-0.39, 0.29) is 6.04 Å². The normalized spacial score (nSPS) is 13.4. The van der Waals surface area contributed by atoms with Crippen LogP contribution in [0, 0.1) is 4.91 Å². The molecule has 0 saturated carbocycles. The van der Waals surface area contributed by atoms with Gasteiger partial charge in [0.2, 0.25) is 0 Å². The zero-order valence-corrected chi connectivity index (χ0v) is 5.58. The molecule has 0 heterocycles. The van der Waals surface area contributed by atoms with Gasteiger partial charge in [0.25, 0.3) is 0 Å². The molecule has 0 N–H and O–H groups in total. The molecule has 0 aliphatic heterocycles. The highest BCUT2D eigenvalue weighted by molar-refractivity contribution is 4.98. The molecular formula is C7H11NO. The van der Waals surface area contributed by atoms with Crippen LogP contribution in [0.3, 0.4) is 0 Å². The van der Waals surface area contributed by atoms with Crippen molar-refractivity contribution in [2.24, 2.45) is 5.18 Å². The number of nitroso groups, excluding NO2 is 1. The summed E-state index contributed by atoms with van der Waals surface area (Å²) < 4.78 is 0. The SMILES string of the molecule is C=C/C=C/C[C@H](C)N=O. The number of hydrogen-bond acceptors (Lipinski definition) is 2. The largest absolute Gasteiger partial charge is 0.151 e. The molecule has 0 unspecified atom stereocenters. The summed E-state index contributed by atoms with van der Waals surface area (Å²) >= 11 is 0. The second-order valence-electron chi connectivity index (χ2n) is 1.85. The summed E-state index contributed by atoms with van der Waals surface area (Å²) in [5.74, 6) is 0. The van der Waals surface area contributed by atoms with Crippen molar-refractivity contribution in [3.05, 3.63) is 29.7 Å². The van der Waals surface area contributed by atoms with Crippen molar-refractivity contribution in [1.82, 2.24) is 0 Å². The van der Waals surface area contributed by atoms with Crippen molar-refractivity contribution in [1.29, 1.82) is 0 Å². The fourth-order valence-corrected chi connectivity index (χ4v) is 0.415. The molecule has 0 amide bonds. The highest BCUT2D eigenvalue weighted by atomic mass is 16.3. The Bertz CT molecular complexity index is 118. The average Bonchev–Trinajstić information content (AvgIpc) is 1.89. The summed E-state index contributed by atoms with van der Waals surface area (Å²) in [6, 6.07) is -0.110. The Labute approximate surface area is 55.2 Å². The topological polar surface area (TPSA) is 29.4 Å². The van der Waals surface area contributed by atoms with Gasteiger partial charge >= 0.3 is 0 Å². The molecule has 0 rings (SSSR count). The number of hydrogen-bond donors (Lipinski definition) is 0. The van der Waals surface area contributed by atoms with E-state index in [1.165, 1.54) is 0 Å². The van der Waals surface area contributed by atoms with Gasteiger partial charge in [0, 0.05) is 0 Å². The van der Waals surface area contributed by atoms with E-state index in [1.54, 1.807) is 13.0 Å². The second kappa shape index (κ2) is 5.22. The summed E-state index contributed by atoms with van der Waals surface area (Å²) in [6.07, 6.45) is 6.06. The summed E-state index contributed by atoms with van der Waals surface area (Å²) in [6.45, 7) is 5.27. The lowest BCUT2D eigenvalue weighted by Gasteiger charge is -1.91. The van der Waals surface area contributed by atoms with Crippen LogP contribution in [0.25, 0.3) is 0 Å². The van der Waals surface area contributed by atoms with Crippen LogP contribution in [-0.2, 0) is 0 Å². The van der Waals surface area contributed by atoms with Gasteiger partial charge in [0.1, 0.15) is 0 Å². The zero-order valence-electron chi connectivity index (χ0n) is 5.58. The zero-order chi connectivity index (χ0) is 7.11. The van der Waals surface area contributed by atoms with Gasteiger partial charge in [0.15, 0.2) is 0 Å². The predicted octanol–water partition coefficient (Wildman–Crippen LogP) is 2.27. The lowest BCUT2D eigenvalue weighted by atomic mass is 10.2. The second-order valence-corrected chi connectivity index (χ2v) is 1.85. The van der Waals surface area contributed by atoms with Crippen LogP contribution in [0.5, 0.6) is 0 Å². The van der Waals surface area contributed by atoms with Crippen LogP contribution in [0.2, 0.25) is 0 Å². The first kappa shape index (κ1) is 8.08. The summed E-state index contributed by atoms with van der Waals surface area (Å²) in [5, 5.41) is 2.82. The third-order valence-electron chi connectivity index (χ3n) is 0.929. The molecule has 0 saturated heterocycles. The molecule has 0 aliphatic carbocycles. The quantitative estimate of drug-likeness (QED) is 0.418. The van der Waals surface area contributed by atoms with Crippen LogP contribution in [0.1, 0.15) is 13.3 Å². The fraction of sp³-hybridized carbons (Fsp3) is 0.429. The molecule has 50 valence electrons. The molecule has 0 aromatic carbocycles. The predicted molar refractivity (Wildman–Crippen MR) is 39.2 cm³/mol. The molecule has 1 atom stereocenters. The van der Waals surface area contributed by atoms with Gasteiger partial charge in [-0.25, -0.2) is 0 Å². The molecule has 0 radical (unpaired) electrons. The van der Waals surface area contributed by atoms with Crippen LogP contribution in [-0.4, -0.2) is 6.04 Å². The van der Waals surface area contributed by atoms with E-state index in [0.717, 1.165) is 0 Å². The molecule has 0 fully saturated rings. The summed E-state index contributed by atoms with van der Waals surface area (Å²) in [4.78, 5) is 9.79. The minimum Gasteiger partial charge on any atom is -0.151 e. The molecule has 0 spiro atoms. The average molecular weight is 125 g/mol.